The van der Waals surface area contributed by atoms with E-state index in [-0.39, 0.29) is 5.92 Å². The molecule has 0 aliphatic rings. The van der Waals surface area contributed by atoms with Crippen LogP contribution in [0.1, 0.15) is 89.2 Å². The summed E-state index contributed by atoms with van der Waals surface area (Å²) in [5, 5.41) is 8.96. The lowest BCUT2D eigenvalue weighted by Gasteiger charge is -2.06. The van der Waals surface area contributed by atoms with E-state index in [4.69, 9.17) is 5.11 Å². The molecule has 0 aromatic heterocycles. The Balaban J connectivity index is 2.11. The first-order chi connectivity index (χ1) is 12.1. The lowest BCUT2D eigenvalue weighted by molar-refractivity contribution is -0.141. The van der Waals surface area contributed by atoms with Crippen LogP contribution in [0.3, 0.4) is 0 Å². The van der Waals surface area contributed by atoms with Crippen LogP contribution in [0.5, 0.6) is 0 Å². The number of hydrogen-bond acceptors (Lipinski definition) is 1. The number of allylic oxidation sites excluding steroid dienone is 1. The molecule has 0 aliphatic heterocycles. The van der Waals surface area contributed by atoms with Crippen molar-refractivity contribution < 1.29 is 9.90 Å². The van der Waals surface area contributed by atoms with E-state index in [1.165, 1.54) is 63.4 Å². The molecule has 0 aliphatic carbocycles. The number of carbonyl (C=O) groups is 1. The van der Waals surface area contributed by atoms with Gasteiger partial charge < -0.3 is 5.11 Å². The molecule has 0 saturated carbocycles. The molecule has 1 aromatic carbocycles. The zero-order valence-corrected chi connectivity index (χ0v) is 16.2. The van der Waals surface area contributed by atoms with Crippen LogP contribution >= 0.6 is 0 Å². The van der Waals surface area contributed by atoms with Crippen LogP contribution in [0.15, 0.2) is 30.3 Å². The van der Waals surface area contributed by atoms with Crippen molar-refractivity contribution in [3.05, 3.63) is 41.5 Å². The summed E-state index contributed by atoms with van der Waals surface area (Å²) in [6.07, 6.45) is 18.5. The van der Waals surface area contributed by atoms with E-state index in [1.54, 1.807) is 6.92 Å². The van der Waals surface area contributed by atoms with E-state index in [9.17, 15) is 4.79 Å². The van der Waals surface area contributed by atoms with Gasteiger partial charge in [-0.1, -0.05) is 102 Å². The van der Waals surface area contributed by atoms with Crippen LogP contribution in [-0.2, 0) is 11.2 Å². The average Bonchev–Trinajstić information content (AvgIpc) is 2.61. The Labute approximate surface area is 154 Å². The van der Waals surface area contributed by atoms with Crippen molar-refractivity contribution >= 4 is 12.0 Å². The highest BCUT2D eigenvalue weighted by molar-refractivity contribution is 5.69. The summed E-state index contributed by atoms with van der Waals surface area (Å²) in [6.45, 7) is 4.02. The van der Waals surface area contributed by atoms with E-state index in [0.717, 1.165) is 12.0 Å². The molecule has 140 valence electrons. The fraction of sp³-hybridized carbons (Fsp3) is 0.609. The summed E-state index contributed by atoms with van der Waals surface area (Å²) < 4.78 is 0. The molecule has 0 saturated heterocycles. The molecule has 1 aromatic rings. The van der Waals surface area contributed by atoms with E-state index < -0.39 is 5.97 Å². The Morgan fingerprint density at radius 2 is 1.52 bits per heavy atom. The van der Waals surface area contributed by atoms with Crippen molar-refractivity contribution in [2.45, 2.75) is 84.5 Å². The van der Waals surface area contributed by atoms with Crippen LogP contribution < -0.4 is 0 Å². The second-order valence-corrected chi connectivity index (χ2v) is 7.20. The predicted octanol–water partition coefficient (Wildman–Crippen LogP) is 6.88. The standard InChI is InChI=1S/C23H36O2/c1-3-4-5-6-7-8-9-10-11-12-13-14-21-15-17-22(18-16-21)19-20(2)23(24)25/h13-18,20H,3-12,19H2,1-2H3,(H,24,25)/b14-13-. The summed E-state index contributed by atoms with van der Waals surface area (Å²) in [5.74, 6) is -1.06. The number of rotatable bonds is 14. The Kier molecular flexibility index (Phi) is 11.8. The van der Waals surface area contributed by atoms with E-state index in [0.29, 0.717) is 6.42 Å². The second kappa shape index (κ2) is 13.7. The van der Waals surface area contributed by atoms with Crippen LogP contribution in [0.4, 0.5) is 0 Å². The summed E-state index contributed by atoms with van der Waals surface area (Å²) in [6, 6.07) is 8.24. The fourth-order valence-corrected chi connectivity index (χ4v) is 3.00. The van der Waals surface area contributed by atoms with E-state index in [2.05, 4.69) is 31.2 Å². The van der Waals surface area contributed by atoms with Gasteiger partial charge in [-0.05, 0) is 30.4 Å². The monoisotopic (exact) mass is 344 g/mol. The number of hydrogen-bond donors (Lipinski definition) is 1. The highest BCUT2D eigenvalue weighted by atomic mass is 16.4. The van der Waals surface area contributed by atoms with Gasteiger partial charge in [-0.3, -0.25) is 4.79 Å². The maximum absolute atomic E-state index is 10.9. The summed E-state index contributed by atoms with van der Waals surface area (Å²) in [4.78, 5) is 10.9. The fourth-order valence-electron chi connectivity index (χ4n) is 3.00. The van der Waals surface area contributed by atoms with Crippen molar-refractivity contribution in [2.24, 2.45) is 5.92 Å². The molecule has 2 nitrogen and oxygen atoms in total. The molecule has 0 radical (unpaired) electrons. The molecule has 0 spiro atoms. The summed E-state index contributed by atoms with van der Waals surface area (Å²) in [7, 11) is 0. The van der Waals surface area contributed by atoms with Crippen molar-refractivity contribution in [2.75, 3.05) is 0 Å². The number of carboxylic acids is 1. The zero-order chi connectivity index (χ0) is 18.3. The third-order valence-corrected chi connectivity index (χ3v) is 4.73. The molecular formula is C23H36O2. The lowest BCUT2D eigenvalue weighted by atomic mass is 10.00. The molecule has 0 amide bonds. The molecule has 25 heavy (non-hydrogen) atoms. The number of benzene rings is 1. The minimum atomic E-state index is -0.732. The minimum Gasteiger partial charge on any atom is -0.481 e. The largest absolute Gasteiger partial charge is 0.481 e. The molecule has 0 heterocycles. The first kappa shape index (κ1) is 21.5. The minimum absolute atomic E-state index is 0.326. The summed E-state index contributed by atoms with van der Waals surface area (Å²) >= 11 is 0. The smallest absolute Gasteiger partial charge is 0.306 e. The van der Waals surface area contributed by atoms with Gasteiger partial charge in [0, 0.05) is 0 Å². The van der Waals surface area contributed by atoms with Gasteiger partial charge in [0.1, 0.15) is 0 Å². The van der Waals surface area contributed by atoms with Crippen molar-refractivity contribution in [1.82, 2.24) is 0 Å². The topological polar surface area (TPSA) is 37.3 Å². The van der Waals surface area contributed by atoms with Crippen LogP contribution in [0.2, 0.25) is 0 Å². The van der Waals surface area contributed by atoms with Crippen LogP contribution in [-0.4, -0.2) is 11.1 Å². The summed E-state index contributed by atoms with van der Waals surface area (Å²) in [5.41, 5.74) is 2.29. The first-order valence-electron chi connectivity index (χ1n) is 10.1. The third-order valence-electron chi connectivity index (χ3n) is 4.73. The molecule has 1 atom stereocenters. The van der Waals surface area contributed by atoms with E-state index in [1.807, 2.05) is 12.1 Å². The van der Waals surface area contributed by atoms with Gasteiger partial charge in [0.05, 0.1) is 5.92 Å². The van der Waals surface area contributed by atoms with Crippen molar-refractivity contribution in [3.8, 4) is 0 Å². The van der Waals surface area contributed by atoms with Gasteiger partial charge in [0.25, 0.3) is 0 Å². The predicted molar refractivity (Wildman–Crippen MR) is 108 cm³/mol. The normalized spacial score (nSPS) is 12.6. The van der Waals surface area contributed by atoms with Gasteiger partial charge in [-0.15, -0.1) is 0 Å². The zero-order valence-electron chi connectivity index (χ0n) is 16.2. The number of aliphatic carboxylic acids is 1. The molecule has 2 heteroatoms. The lowest BCUT2D eigenvalue weighted by Crippen LogP contribution is -2.12. The highest BCUT2D eigenvalue weighted by Gasteiger charge is 2.10. The van der Waals surface area contributed by atoms with Gasteiger partial charge >= 0.3 is 5.97 Å². The van der Waals surface area contributed by atoms with Gasteiger partial charge in [0.15, 0.2) is 0 Å². The van der Waals surface area contributed by atoms with Crippen LogP contribution in [0.25, 0.3) is 6.08 Å². The third kappa shape index (κ3) is 10.8. The van der Waals surface area contributed by atoms with Crippen molar-refractivity contribution in [1.29, 1.82) is 0 Å². The second-order valence-electron chi connectivity index (χ2n) is 7.20. The van der Waals surface area contributed by atoms with Crippen molar-refractivity contribution in [3.63, 3.8) is 0 Å². The Hall–Kier alpha value is -1.57. The molecule has 0 bridgehead atoms. The molecule has 1 N–H and O–H groups in total. The average molecular weight is 345 g/mol. The SMILES string of the molecule is CCCCCCCCCCC/C=C\c1ccc(CC(C)C(=O)O)cc1. The maximum atomic E-state index is 10.9. The molecular weight excluding hydrogens is 308 g/mol. The Morgan fingerprint density at radius 3 is 2.08 bits per heavy atom. The first-order valence-corrected chi connectivity index (χ1v) is 10.1. The quantitative estimate of drug-likeness (QED) is 0.373. The van der Waals surface area contributed by atoms with Gasteiger partial charge in [-0.25, -0.2) is 0 Å². The van der Waals surface area contributed by atoms with Gasteiger partial charge in [0.2, 0.25) is 0 Å². The number of carboxylic acid groups (broad SMARTS) is 1. The highest BCUT2D eigenvalue weighted by Crippen LogP contribution is 2.13. The van der Waals surface area contributed by atoms with E-state index >= 15 is 0 Å². The maximum Gasteiger partial charge on any atom is 0.306 e. The molecule has 1 rings (SSSR count). The van der Waals surface area contributed by atoms with Gasteiger partial charge in [-0.2, -0.15) is 0 Å². The Morgan fingerprint density at radius 1 is 0.960 bits per heavy atom. The number of unbranched alkanes of at least 4 members (excludes halogenated alkanes) is 9. The molecule has 1 unspecified atom stereocenters. The molecule has 0 fully saturated rings. The Bertz CT molecular complexity index is 487. The van der Waals surface area contributed by atoms with Crippen LogP contribution in [0, 0.1) is 5.92 Å².